The van der Waals surface area contributed by atoms with Crippen molar-refractivity contribution in [2.24, 2.45) is 0 Å². The Morgan fingerprint density at radius 1 is 0.769 bits per heavy atom. The van der Waals surface area contributed by atoms with Crippen LogP contribution in [-0.2, 0) is 22.4 Å². The molecule has 0 saturated carbocycles. The third kappa shape index (κ3) is 3.38. The summed E-state index contributed by atoms with van der Waals surface area (Å²) in [7, 11) is 0. The fraction of sp³-hybridized carbons (Fsp3) is 0.500. The molecule has 0 amide bonds. The van der Waals surface area contributed by atoms with Crippen molar-refractivity contribution < 1.29 is 47.2 Å². The minimum absolute atomic E-state index is 0. The van der Waals surface area contributed by atoms with Crippen molar-refractivity contribution >= 4 is 0 Å². The summed E-state index contributed by atoms with van der Waals surface area (Å²) in [4.78, 5) is 0. The summed E-state index contributed by atoms with van der Waals surface area (Å²) in [5, 5.41) is 0. The zero-order valence-corrected chi connectivity index (χ0v) is 12.4. The van der Waals surface area contributed by atoms with Crippen LogP contribution in [-0.4, -0.2) is 0 Å². The number of hydrogen-bond donors (Lipinski definition) is 0. The average Bonchev–Trinajstić information content (AvgIpc) is 2.07. The van der Waals surface area contributed by atoms with Gasteiger partial charge in [-0.15, -0.1) is 0 Å². The first-order valence-electron chi connectivity index (χ1n) is 3.75. The van der Waals surface area contributed by atoms with E-state index in [0.29, 0.717) is 0 Å². The van der Waals surface area contributed by atoms with Gasteiger partial charge in [0, 0.05) is 0 Å². The third-order valence-electron chi connectivity index (χ3n) is 2.81. The topological polar surface area (TPSA) is 0 Å². The van der Waals surface area contributed by atoms with E-state index >= 15 is 0 Å². The number of hydrogen-bond acceptors (Lipinski definition) is 0. The van der Waals surface area contributed by atoms with Gasteiger partial charge in [-0.1, -0.05) is 34.6 Å². The number of halogens is 2. The summed E-state index contributed by atoms with van der Waals surface area (Å²) in [6, 6.07) is 0. The minimum atomic E-state index is 0. The number of rotatable bonds is 0. The van der Waals surface area contributed by atoms with Crippen LogP contribution in [0.2, 0.25) is 0 Å². The molecule has 3 heteroatoms. The van der Waals surface area contributed by atoms with Crippen LogP contribution in [0.15, 0.2) is 0 Å². The van der Waals surface area contributed by atoms with Gasteiger partial charge in [-0.3, -0.25) is 0 Å². The van der Waals surface area contributed by atoms with E-state index in [1.807, 2.05) is 0 Å². The Bertz CT molecular complexity index is 184. The molecule has 0 N–H and O–H groups in total. The Morgan fingerprint density at radius 2 is 1.00 bits per heavy atom. The van der Waals surface area contributed by atoms with Gasteiger partial charge in [-0.25, -0.2) is 0 Å². The van der Waals surface area contributed by atoms with Crippen molar-refractivity contribution in [3.8, 4) is 0 Å². The Balaban J connectivity index is -0.000000333. The van der Waals surface area contributed by atoms with Crippen LogP contribution in [0.5, 0.6) is 0 Å². The summed E-state index contributed by atoms with van der Waals surface area (Å²) < 4.78 is 0. The van der Waals surface area contributed by atoms with Crippen molar-refractivity contribution in [3.63, 3.8) is 0 Å². The van der Waals surface area contributed by atoms with E-state index in [-0.39, 0.29) is 47.2 Å². The fourth-order valence-electron chi connectivity index (χ4n) is 1.41. The molecular formula is C10H15Cl2Nb. The molecule has 0 fully saturated rings. The molecule has 0 radical (unpaired) electrons. The van der Waals surface area contributed by atoms with Crippen molar-refractivity contribution in [1.29, 1.82) is 0 Å². The first kappa shape index (κ1) is 19.3. The van der Waals surface area contributed by atoms with E-state index in [9.17, 15) is 0 Å². The van der Waals surface area contributed by atoms with Gasteiger partial charge in [0.05, 0.1) is 0 Å². The molecule has 0 spiro atoms. The summed E-state index contributed by atoms with van der Waals surface area (Å²) in [6.45, 7) is 11.0. The largest absolute Gasteiger partial charge is 3.00 e. The summed E-state index contributed by atoms with van der Waals surface area (Å²) in [5.74, 6) is 0. The molecule has 13 heavy (non-hydrogen) atoms. The Kier molecular flexibility index (Phi) is 10.4. The van der Waals surface area contributed by atoms with Gasteiger partial charge in [-0.2, -0.15) is 27.8 Å². The maximum Gasteiger partial charge on any atom is 3.00 e. The molecule has 1 aromatic carbocycles. The maximum absolute atomic E-state index is 2.20. The SMILES string of the molecule is Cc1c(C)c(C)[c-](C)c1C.[Cl-].[Cl-].[Nb+3]. The van der Waals surface area contributed by atoms with Crippen LogP contribution in [0.1, 0.15) is 27.8 Å². The maximum atomic E-state index is 2.20. The van der Waals surface area contributed by atoms with Crippen LogP contribution in [0.4, 0.5) is 0 Å². The first-order chi connectivity index (χ1) is 4.55. The third-order valence-corrected chi connectivity index (χ3v) is 2.81. The Morgan fingerprint density at radius 3 is 1.08 bits per heavy atom. The van der Waals surface area contributed by atoms with Gasteiger partial charge in [0.15, 0.2) is 0 Å². The van der Waals surface area contributed by atoms with Gasteiger partial charge < -0.3 is 24.8 Å². The van der Waals surface area contributed by atoms with Crippen LogP contribution in [0.25, 0.3) is 0 Å². The van der Waals surface area contributed by atoms with Crippen molar-refractivity contribution in [3.05, 3.63) is 27.8 Å². The summed E-state index contributed by atoms with van der Waals surface area (Å²) in [5.41, 5.74) is 7.34. The zero-order valence-electron chi connectivity index (χ0n) is 8.70. The molecule has 0 heterocycles. The van der Waals surface area contributed by atoms with Crippen molar-refractivity contribution in [1.82, 2.24) is 0 Å². The molecule has 1 aromatic rings. The fourth-order valence-corrected chi connectivity index (χ4v) is 1.41. The van der Waals surface area contributed by atoms with Crippen LogP contribution >= 0.6 is 0 Å². The Labute approximate surface area is 109 Å². The van der Waals surface area contributed by atoms with E-state index in [1.165, 1.54) is 27.8 Å². The second-order valence-electron chi connectivity index (χ2n) is 3.12. The van der Waals surface area contributed by atoms with E-state index in [0.717, 1.165) is 0 Å². The quantitative estimate of drug-likeness (QED) is 0.353. The summed E-state index contributed by atoms with van der Waals surface area (Å²) >= 11 is 0. The van der Waals surface area contributed by atoms with Crippen molar-refractivity contribution in [2.75, 3.05) is 0 Å². The molecule has 0 bridgehead atoms. The van der Waals surface area contributed by atoms with Crippen LogP contribution in [0.3, 0.4) is 0 Å². The van der Waals surface area contributed by atoms with Crippen LogP contribution < -0.4 is 24.8 Å². The van der Waals surface area contributed by atoms with E-state index in [1.54, 1.807) is 0 Å². The minimum Gasteiger partial charge on any atom is -1.00 e. The van der Waals surface area contributed by atoms with Gasteiger partial charge in [0.25, 0.3) is 0 Å². The monoisotopic (exact) mass is 298 g/mol. The molecule has 0 nitrogen and oxygen atoms in total. The predicted octanol–water partition coefficient (Wildman–Crippen LogP) is -3.05. The molecule has 0 aromatic heterocycles. The smallest absolute Gasteiger partial charge is 1.00 e. The van der Waals surface area contributed by atoms with Crippen molar-refractivity contribution in [2.45, 2.75) is 34.6 Å². The first-order valence-corrected chi connectivity index (χ1v) is 3.75. The Hall–Kier alpha value is 0.670. The van der Waals surface area contributed by atoms with Gasteiger partial charge in [-0.05, 0) is 0 Å². The summed E-state index contributed by atoms with van der Waals surface area (Å²) in [6.07, 6.45) is 0. The van der Waals surface area contributed by atoms with E-state index < -0.39 is 0 Å². The zero-order chi connectivity index (χ0) is 7.89. The van der Waals surface area contributed by atoms with Gasteiger partial charge >= 0.3 is 22.4 Å². The van der Waals surface area contributed by atoms with E-state index in [4.69, 9.17) is 0 Å². The molecular weight excluding hydrogens is 284 g/mol. The van der Waals surface area contributed by atoms with Gasteiger partial charge in [0.1, 0.15) is 0 Å². The van der Waals surface area contributed by atoms with Crippen LogP contribution in [0, 0.1) is 34.6 Å². The molecule has 0 unspecified atom stereocenters. The molecule has 0 atom stereocenters. The molecule has 0 aliphatic carbocycles. The standard InChI is InChI=1S/C10H15.2ClH.Nb/c1-6-7(2)9(4)10(5)8(6)3;;;/h1-5H3;2*1H;/q-1;;;+3/p-2. The predicted molar refractivity (Wildman–Crippen MR) is 45.7 cm³/mol. The second-order valence-corrected chi connectivity index (χ2v) is 3.12. The molecule has 0 aliphatic heterocycles. The second kappa shape index (κ2) is 7.03. The molecule has 0 saturated heterocycles. The normalized spacial score (nSPS) is 8.08. The molecule has 0 aliphatic rings. The van der Waals surface area contributed by atoms with E-state index in [2.05, 4.69) is 34.6 Å². The van der Waals surface area contributed by atoms with Gasteiger partial charge in [0.2, 0.25) is 0 Å². The average molecular weight is 299 g/mol. The molecule has 74 valence electrons. The molecule has 1 rings (SSSR count).